The minimum atomic E-state index is -1.12. The maximum atomic E-state index is 13.8. The SMILES string of the molecule is C=COC(=O)C(C(=O)C(C)(C)SCc1ccc(OC)cc1)c1cc(-n2cc(Cl)cn2)ccc1C. The van der Waals surface area contributed by atoms with Crippen LogP contribution in [-0.4, -0.2) is 33.4 Å². The van der Waals surface area contributed by atoms with Crippen LogP contribution in [0.4, 0.5) is 0 Å². The Bertz CT molecular complexity index is 1190. The molecule has 3 rings (SSSR count). The number of benzene rings is 2. The Morgan fingerprint density at radius 3 is 2.53 bits per heavy atom. The fourth-order valence-electron chi connectivity index (χ4n) is 3.45. The Morgan fingerprint density at radius 1 is 1.24 bits per heavy atom. The van der Waals surface area contributed by atoms with E-state index in [1.54, 1.807) is 24.1 Å². The first-order valence-corrected chi connectivity index (χ1v) is 12.0. The molecule has 3 aromatic rings. The number of carbonyl (C=O) groups excluding carboxylic acids is 2. The topological polar surface area (TPSA) is 70.4 Å². The molecule has 0 aliphatic carbocycles. The van der Waals surface area contributed by atoms with Crippen molar-refractivity contribution < 1.29 is 19.1 Å². The second-order valence-electron chi connectivity index (χ2n) is 8.19. The van der Waals surface area contributed by atoms with Gasteiger partial charge in [-0.3, -0.25) is 9.59 Å². The molecular weight excluding hydrogens is 472 g/mol. The number of ether oxygens (including phenoxy) is 2. The Kier molecular flexibility index (Phi) is 8.23. The van der Waals surface area contributed by atoms with Crippen molar-refractivity contribution >= 4 is 35.1 Å². The predicted octanol–water partition coefficient (Wildman–Crippen LogP) is 5.89. The minimum absolute atomic E-state index is 0.253. The fraction of sp³-hybridized carbons (Fsp3) is 0.269. The van der Waals surface area contributed by atoms with Gasteiger partial charge in [0.15, 0.2) is 5.78 Å². The van der Waals surface area contributed by atoms with E-state index in [-0.39, 0.29) is 5.78 Å². The molecule has 2 aromatic carbocycles. The summed E-state index contributed by atoms with van der Waals surface area (Å²) in [4.78, 5) is 26.8. The van der Waals surface area contributed by atoms with E-state index in [1.165, 1.54) is 18.0 Å². The van der Waals surface area contributed by atoms with Crippen LogP contribution in [0.5, 0.6) is 5.75 Å². The van der Waals surface area contributed by atoms with Gasteiger partial charge in [0.05, 0.1) is 35.0 Å². The normalized spacial score (nSPS) is 12.1. The van der Waals surface area contributed by atoms with E-state index in [2.05, 4.69) is 11.7 Å². The van der Waals surface area contributed by atoms with Crippen molar-refractivity contribution in [3.63, 3.8) is 0 Å². The molecule has 0 bridgehead atoms. The standard InChI is InChI=1S/C26H27ClN2O4S/c1-6-33-25(31)23(22-13-20(10-7-17(22)2)29-15-19(27)14-28-29)24(30)26(3,4)34-16-18-8-11-21(32-5)12-9-18/h6-15,23H,1,16H2,2-5H3. The Morgan fingerprint density at radius 2 is 1.94 bits per heavy atom. The first-order chi connectivity index (χ1) is 16.2. The molecule has 0 aliphatic rings. The molecule has 1 unspecified atom stereocenters. The molecule has 8 heteroatoms. The number of thioether (sulfide) groups is 1. The highest BCUT2D eigenvalue weighted by molar-refractivity contribution is 8.00. The summed E-state index contributed by atoms with van der Waals surface area (Å²) in [5.74, 6) is -0.683. The average molecular weight is 499 g/mol. The third-order valence-corrected chi connectivity index (χ3v) is 7.03. The third-order valence-electron chi connectivity index (χ3n) is 5.44. The number of hydrogen-bond acceptors (Lipinski definition) is 6. The predicted molar refractivity (Wildman–Crippen MR) is 136 cm³/mol. The molecule has 0 N–H and O–H groups in total. The molecule has 0 fully saturated rings. The number of hydrogen-bond donors (Lipinski definition) is 0. The van der Waals surface area contributed by atoms with Crippen molar-refractivity contribution in [1.82, 2.24) is 9.78 Å². The second-order valence-corrected chi connectivity index (χ2v) is 10.2. The van der Waals surface area contributed by atoms with Gasteiger partial charge in [-0.15, -0.1) is 11.8 Å². The van der Waals surface area contributed by atoms with Gasteiger partial charge in [-0.05, 0) is 61.7 Å². The molecule has 0 radical (unpaired) electrons. The highest BCUT2D eigenvalue weighted by Crippen LogP contribution is 2.37. The summed E-state index contributed by atoms with van der Waals surface area (Å²) in [6.07, 6.45) is 4.23. The number of aryl methyl sites for hydroxylation is 1. The van der Waals surface area contributed by atoms with Gasteiger partial charge in [0, 0.05) is 11.9 Å². The summed E-state index contributed by atoms with van der Waals surface area (Å²) in [5.41, 5.74) is 3.07. The summed E-state index contributed by atoms with van der Waals surface area (Å²) in [6.45, 7) is 8.98. The Labute approximate surface area is 208 Å². The third kappa shape index (κ3) is 5.90. The van der Waals surface area contributed by atoms with Crippen LogP contribution in [0.1, 0.15) is 36.5 Å². The smallest absolute Gasteiger partial charge is 0.325 e. The summed E-state index contributed by atoms with van der Waals surface area (Å²) in [5, 5.41) is 4.70. The van der Waals surface area contributed by atoms with Crippen LogP contribution in [0.2, 0.25) is 5.02 Å². The van der Waals surface area contributed by atoms with E-state index < -0.39 is 16.6 Å². The molecule has 1 atom stereocenters. The summed E-state index contributed by atoms with van der Waals surface area (Å²) < 4.78 is 11.0. The van der Waals surface area contributed by atoms with Crippen LogP contribution in [0.3, 0.4) is 0 Å². The van der Waals surface area contributed by atoms with Gasteiger partial charge >= 0.3 is 5.97 Å². The lowest BCUT2D eigenvalue weighted by atomic mass is 9.85. The van der Waals surface area contributed by atoms with Crippen LogP contribution in [0.25, 0.3) is 5.69 Å². The zero-order chi connectivity index (χ0) is 24.9. The van der Waals surface area contributed by atoms with Crippen molar-refractivity contribution in [2.75, 3.05) is 7.11 Å². The number of halogens is 1. The van der Waals surface area contributed by atoms with Gasteiger partial charge in [0.2, 0.25) is 0 Å². The Hall–Kier alpha value is -3.03. The zero-order valence-electron chi connectivity index (χ0n) is 19.6. The van der Waals surface area contributed by atoms with Crippen LogP contribution in [0, 0.1) is 6.92 Å². The van der Waals surface area contributed by atoms with Gasteiger partial charge in [0.1, 0.15) is 11.7 Å². The Balaban J connectivity index is 1.92. The number of rotatable bonds is 10. The van der Waals surface area contributed by atoms with E-state index in [4.69, 9.17) is 21.1 Å². The van der Waals surface area contributed by atoms with Crippen LogP contribution in [-0.2, 0) is 20.1 Å². The summed E-state index contributed by atoms with van der Waals surface area (Å²) >= 11 is 7.48. The van der Waals surface area contributed by atoms with Crippen molar-refractivity contribution in [3.8, 4) is 11.4 Å². The molecule has 178 valence electrons. The van der Waals surface area contributed by atoms with Crippen LogP contribution >= 0.6 is 23.4 Å². The number of aromatic nitrogens is 2. The quantitative estimate of drug-likeness (QED) is 0.197. The van der Waals surface area contributed by atoms with Gasteiger partial charge in [-0.1, -0.05) is 36.4 Å². The summed E-state index contributed by atoms with van der Waals surface area (Å²) in [6, 6.07) is 13.1. The highest BCUT2D eigenvalue weighted by atomic mass is 35.5. The van der Waals surface area contributed by atoms with Gasteiger partial charge in [-0.25, -0.2) is 4.68 Å². The van der Waals surface area contributed by atoms with E-state index in [9.17, 15) is 9.59 Å². The van der Waals surface area contributed by atoms with Crippen molar-refractivity contribution in [2.45, 2.75) is 37.2 Å². The second kappa shape index (κ2) is 10.9. The number of Topliss-reactive ketones (excluding diaryl/α,β-unsaturated/α-hetero) is 1. The number of esters is 1. The molecule has 0 spiro atoms. The summed E-state index contributed by atoms with van der Waals surface area (Å²) in [7, 11) is 1.62. The minimum Gasteiger partial charge on any atom is -0.497 e. The number of carbonyl (C=O) groups is 2. The lowest BCUT2D eigenvalue weighted by Gasteiger charge is -2.28. The van der Waals surface area contributed by atoms with Crippen LogP contribution in [0.15, 0.2) is 67.7 Å². The first-order valence-electron chi connectivity index (χ1n) is 10.6. The number of methoxy groups -OCH3 is 1. The molecule has 1 heterocycles. The molecule has 34 heavy (non-hydrogen) atoms. The van der Waals surface area contributed by atoms with Crippen LogP contribution < -0.4 is 4.74 Å². The van der Waals surface area contributed by atoms with E-state index in [0.717, 1.165) is 23.1 Å². The first kappa shape index (κ1) is 25.6. The molecule has 0 saturated heterocycles. The molecule has 6 nitrogen and oxygen atoms in total. The monoisotopic (exact) mass is 498 g/mol. The van der Waals surface area contributed by atoms with E-state index in [0.29, 0.717) is 22.0 Å². The molecular formula is C26H27ClN2O4S. The van der Waals surface area contributed by atoms with Crippen molar-refractivity contribution in [1.29, 1.82) is 0 Å². The molecule has 1 aromatic heterocycles. The van der Waals surface area contributed by atoms with Crippen molar-refractivity contribution in [3.05, 3.63) is 89.4 Å². The highest BCUT2D eigenvalue weighted by Gasteiger charge is 2.40. The van der Waals surface area contributed by atoms with Gasteiger partial charge in [-0.2, -0.15) is 5.10 Å². The number of ketones is 1. The van der Waals surface area contributed by atoms with Crippen molar-refractivity contribution in [2.24, 2.45) is 0 Å². The average Bonchev–Trinajstić information content (AvgIpc) is 3.25. The molecule has 0 saturated carbocycles. The lowest BCUT2D eigenvalue weighted by molar-refractivity contribution is -0.143. The number of nitrogens with zero attached hydrogens (tertiary/aromatic N) is 2. The molecule has 0 aliphatic heterocycles. The van der Waals surface area contributed by atoms with E-state index >= 15 is 0 Å². The van der Waals surface area contributed by atoms with E-state index in [1.807, 2.05) is 57.2 Å². The molecule has 0 amide bonds. The maximum absolute atomic E-state index is 13.8. The maximum Gasteiger partial charge on any atom is 0.325 e. The van der Waals surface area contributed by atoms with Gasteiger partial charge in [0.25, 0.3) is 0 Å². The largest absolute Gasteiger partial charge is 0.497 e. The zero-order valence-corrected chi connectivity index (χ0v) is 21.2. The fourth-order valence-corrected chi connectivity index (χ4v) is 4.57. The lowest BCUT2D eigenvalue weighted by Crippen LogP contribution is -2.37. The van der Waals surface area contributed by atoms with Gasteiger partial charge < -0.3 is 9.47 Å².